The number of carbonyl (C=O) groups excluding carboxylic acids is 1. The quantitative estimate of drug-likeness (QED) is 0.818. The SMILES string of the molecule is O=C(O)C1CCc2cccc3c2N1C(=O)CC=C3. The highest BCUT2D eigenvalue weighted by molar-refractivity contribution is 6.04. The summed E-state index contributed by atoms with van der Waals surface area (Å²) in [4.78, 5) is 24.9. The van der Waals surface area contributed by atoms with Gasteiger partial charge in [-0.25, -0.2) is 4.79 Å². The molecule has 1 aromatic carbocycles. The Bertz CT molecular complexity index is 562. The summed E-state index contributed by atoms with van der Waals surface area (Å²) in [5.41, 5.74) is 2.78. The van der Waals surface area contributed by atoms with Crippen LogP contribution in [-0.4, -0.2) is 23.0 Å². The van der Waals surface area contributed by atoms with Gasteiger partial charge in [0.1, 0.15) is 6.04 Å². The van der Waals surface area contributed by atoms with E-state index in [9.17, 15) is 14.7 Å². The van der Waals surface area contributed by atoms with Crippen molar-refractivity contribution in [2.45, 2.75) is 25.3 Å². The van der Waals surface area contributed by atoms with E-state index < -0.39 is 12.0 Å². The number of rotatable bonds is 1. The van der Waals surface area contributed by atoms with Gasteiger partial charge in [-0.3, -0.25) is 9.69 Å². The second-order valence-corrected chi connectivity index (χ2v) is 4.62. The summed E-state index contributed by atoms with van der Waals surface area (Å²) in [5, 5.41) is 9.28. The number of amides is 1. The molecule has 2 aliphatic heterocycles. The third-order valence-corrected chi connectivity index (χ3v) is 3.53. The molecule has 4 heteroatoms. The third kappa shape index (κ3) is 1.53. The van der Waals surface area contributed by atoms with E-state index in [1.165, 1.54) is 4.90 Å². The number of hydrogen-bond acceptors (Lipinski definition) is 2. The molecule has 2 heterocycles. The van der Waals surface area contributed by atoms with Crippen molar-refractivity contribution in [3.05, 3.63) is 35.4 Å². The van der Waals surface area contributed by atoms with Crippen molar-refractivity contribution in [3.63, 3.8) is 0 Å². The minimum Gasteiger partial charge on any atom is -0.480 e. The van der Waals surface area contributed by atoms with Crippen molar-refractivity contribution in [1.29, 1.82) is 0 Å². The molecule has 0 fully saturated rings. The lowest BCUT2D eigenvalue weighted by Gasteiger charge is -2.35. The molecule has 0 saturated heterocycles. The number of carboxylic acid groups (broad SMARTS) is 1. The van der Waals surface area contributed by atoms with Crippen LogP contribution < -0.4 is 4.90 Å². The lowest BCUT2D eigenvalue weighted by molar-refractivity contribution is -0.140. The van der Waals surface area contributed by atoms with Crippen LogP contribution in [-0.2, 0) is 16.0 Å². The van der Waals surface area contributed by atoms with Crippen molar-refractivity contribution in [2.75, 3.05) is 4.90 Å². The zero-order valence-electron chi connectivity index (χ0n) is 9.80. The van der Waals surface area contributed by atoms with Crippen LogP contribution in [0.5, 0.6) is 0 Å². The monoisotopic (exact) mass is 243 g/mol. The van der Waals surface area contributed by atoms with Gasteiger partial charge in [0, 0.05) is 6.42 Å². The molecule has 0 bridgehead atoms. The topological polar surface area (TPSA) is 57.6 Å². The molecule has 1 amide bonds. The van der Waals surface area contributed by atoms with E-state index in [-0.39, 0.29) is 12.3 Å². The summed E-state index contributed by atoms with van der Waals surface area (Å²) >= 11 is 0. The average Bonchev–Trinajstić information content (AvgIpc) is 2.52. The Balaban J connectivity index is 2.21. The molecule has 0 aromatic heterocycles. The van der Waals surface area contributed by atoms with Gasteiger partial charge in [-0.1, -0.05) is 30.4 Å². The molecule has 2 aliphatic rings. The van der Waals surface area contributed by atoms with Crippen LogP contribution in [0, 0.1) is 0 Å². The van der Waals surface area contributed by atoms with Crippen LogP contribution in [0.25, 0.3) is 6.08 Å². The number of benzene rings is 1. The molecule has 0 aliphatic carbocycles. The summed E-state index contributed by atoms with van der Waals surface area (Å²) in [7, 11) is 0. The van der Waals surface area contributed by atoms with Crippen molar-refractivity contribution >= 4 is 23.6 Å². The molecule has 0 spiro atoms. The van der Waals surface area contributed by atoms with E-state index in [4.69, 9.17) is 0 Å². The standard InChI is InChI=1S/C14H13NO3/c16-12-6-2-5-9-3-1-4-10-7-8-11(14(17)18)15(12)13(9)10/h1-5,11H,6-8H2,(H,17,18). The molecule has 4 nitrogen and oxygen atoms in total. The molecular weight excluding hydrogens is 230 g/mol. The van der Waals surface area contributed by atoms with Crippen molar-refractivity contribution < 1.29 is 14.7 Å². The Hall–Kier alpha value is -2.10. The van der Waals surface area contributed by atoms with Crippen LogP contribution in [0.1, 0.15) is 24.0 Å². The zero-order valence-corrected chi connectivity index (χ0v) is 9.80. The fraction of sp³-hybridized carbons (Fsp3) is 0.286. The number of carboxylic acids is 1. The minimum atomic E-state index is -0.925. The van der Waals surface area contributed by atoms with E-state index in [0.29, 0.717) is 12.8 Å². The highest BCUT2D eigenvalue weighted by atomic mass is 16.4. The Labute approximate surface area is 105 Å². The maximum absolute atomic E-state index is 12.1. The number of hydrogen-bond donors (Lipinski definition) is 1. The van der Waals surface area contributed by atoms with Gasteiger partial charge in [0.2, 0.25) is 5.91 Å². The van der Waals surface area contributed by atoms with Gasteiger partial charge in [0.25, 0.3) is 0 Å². The van der Waals surface area contributed by atoms with Gasteiger partial charge < -0.3 is 5.11 Å². The van der Waals surface area contributed by atoms with E-state index >= 15 is 0 Å². The molecule has 3 rings (SSSR count). The van der Waals surface area contributed by atoms with Crippen LogP contribution in [0.15, 0.2) is 24.3 Å². The van der Waals surface area contributed by atoms with Crippen molar-refractivity contribution in [1.82, 2.24) is 0 Å². The largest absolute Gasteiger partial charge is 0.480 e. The summed E-state index contributed by atoms with van der Waals surface area (Å²) in [6.07, 6.45) is 5.16. The van der Waals surface area contributed by atoms with Gasteiger partial charge in [-0.05, 0) is 24.0 Å². The maximum Gasteiger partial charge on any atom is 0.326 e. The highest BCUT2D eigenvalue weighted by Crippen LogP contribution is 2.36. The van der Waals surface area contributed by atoms with Crippen LogP contribution in [0.3, 0.4) is 0 Å². The smallest absolute Gasteiger partial charge is 0.326 e. The van der Waals surface area contributed by atoms with Crippen molar-refractivity contribution in [3.8, 4) is 0 Å². The Morgan fingerprint density at radius 1 is 1.39 bits per heavy atom. The van der Waals surface area contributed by atoms with Crippen LogP contribution in [0.2, 0.25) is 0 Å². The lowest BCUT2D eigenvalue weighted by atomic mass is 9.93. The first-order valence-electron chi connectivity index (χ1n) is 6.02. The van der Waals surface area contributed by atoms with Gasteiger partial charge in [-0.2, -0.15) is 0 Å². The maximum atomic E-state index is 12.1. The molecule has 1 aromatic rings. The van der Waals surface area contributed by atoms with E-state index in [1.807, 2.05) is 24.3 Å². The van der Waals surface area contributed by atoms with Gasteiger partial charge in [-0.15, -0.1) is 0 Å². The fourth-order valence-corrected chi connectivity index (χ4v) is 2.74. The van der Waals surface area contributed by atoms with Crippen molar-refractivity contribution in [2.24, 2.45) is 0 Å². The first-order chi connectivity index (χ1) is 8.68. The molecule has 1 unspecified atom stereocenters. The van der Waals surface area contributed by atoms with E-state index in [0.717, 1.165) is 16.8 Å². The van der Waals surface area contributed by atoms with Gasteiger partial charge >= 0.3 is 5.97 Å². The molecule has 18 heavy (non-hydrogen) atoms. The Morgan fingerprint density at radius 3 is 3.00 bits per heavy atom. The summed E-state index contributed by atoms with van der Waals surface area (Å²) in [6, 6.07) is 5.11. The number of nitrogens with zero attached hydrogens (tertiary/aromatic N) is 1. The van der Waals surface area contributed by atoms with Crippen LogP contribution >= 0.6 is 0 Å². The normalized spacial score (nSPS) is 21.4. The second kappa shape index (κ2) is 3.98. The molecule has 1 N–H and O–H groups in total. The summed E-state index contributed by atoms with van der Waals surface area (Å²) in [6.45, 7) is 0. The predicted molar refractivity (Wildman–Crippen MR) is 67.3 cm³/mol. The zero-order chi connectivity index (χ0) is 12.7. The van der Waals surface area contributed by atoms with Gasteiger partial charge in [0.15, 0.2) is 0 Å². The number of aliphatic carboxylic acids is 1. The highest BCUT2D eigenvalue weighted by Gasteiger charge is 2.36. The average molecular weight is 243 g/mol. The Morgan fingerprint density at radius 2 is 2.22 bits per heavy atom. The number of aryl methyl sites for hydroxylation is 1. The second-order valence-electron chi connectivity index (χ2n) is 4.62. The first-order valence-corrected chi connectivity index (χ1v) is 6.02. The third-order valence-electron chi connectivity index (χ3n) is 3.53. The molecular formula is C14H13NO3. The first kappa shape index (κ1) is 11.0. The molecule has 0 radical (unpaired) electrons. The lowest BCUT2D eigenvalue weighted by Crippen LogP contribution is -2.48. The predicted octanol–water partition coefficient (Wildman–Crippen LogP) is 1.84. The fourth-order valence-electron chi connectivity index (χ4n) is 2.74. The number of carbonyl (C=O) groups is 2. The van der Waals surface area contributed by atoms with Gasteiger partial charge in [0.05, 0.1) is 5.69 Å². The number of anilines is 1. The van der Waals surface area contributed by atoms with E-state index in [1.54, 1.807) is 6.08 Å². The number of para-hydroxylation sites is 1. The summed E-state index contributed by atoms with van der Waals surface area (Å²) < 4.78 is 0. The Kier molecular flexibility index (Phi) is 2.44. The summed E-state index contributed by atoms with van der Waals surface area (Å²) in [5.74, 6) is -1.06. The van der Waals surface area contributed by atoms with E-state index in [2.05, 4.69) is 0 Å². The molecule has 0 saturated carbocycles. The van der Waals surface area contributed by atoms with Crippen LogP contribution in [0.4, 0.5) is 5.69 Å². The minimum absolute atomic E-state index is 0.135. The molecule has 1 atom stereocenters. The molecule has 92 valence electrons.